The zero-order valence-corrected chi connectivity index (χ0v) is 19.7. The molecule has 13 heteroatoms. The van der Waals surface area contributed by atoms with Crippen LogP contribution in [-0.4, -0.2) is 77.1 Å². The Kier molecular flexibility index (Phi) is 7.69. The van der Waals surface area contributed by atoms with Gasteiger partial charge in [-0.1, -0.05) is 35.0 Å². The third-order valence-electron chi connectivity index (χ3n) is 5.12. The van der Waals surface area contributed by atoms with Crippen LogP contribution < -0.4 is 10.2 Å². The van der Waals surface area contributed by atoms with Crippen molar-refractivity contribution in [2.75, 3.05) is 32.2 Å². The standard InChI is InChI=1S/C19H25ClN6O5S/c1-5-10-15(20)24-16(21-10)17(27)22-11-6-7-26(8-12(11)30-3)19-23-13(18(28)29)14(32-19)9(2)25-31-4/h11-12H,5-8H2,1-4H3,(H,21,24)(H,22,27)(H,28,29). The van der Waals surface area contributed by atoms with Crippen LogP contribution in [0.4, 0.5) is 5.13 Å². The van der Waals surface area contributed by atoms with Gasteiger partial charge in [0.1, 0.15) is 7.11 Å². The van der Waals surface area contributed by atoms with Gasteiger partial charge in [0.2, 0.25) is 0 Å². The Balaban J connectivity index is 1.74. The SMILES string of the molecule is CCc1[nH]c(C(=O)NC2CCN(c3nc(C(=O)O)c(C(C)=NOC)s3)CC2OC)nc1Cl. The van der Waals surface area contributed by atoms with Crippen LogP contribution in [0.2, 0.25) is 5.15 Å². The zero-order chi connectivity index (χ0) is 23.4. The molecule has 1 fully saturated rings. The number of carbonyl (C=O) groups excluding carboxylic acids is 1. The van der Waals surface area contributed by atoms with Crippen molar-refractivity contribution in [3.63, 3.8) is 0 Å². The third-order valence-corrected chi connectivity index (χ3v) is 6.66. The minimum absolute atomic E-state index is 0.0749. The number of carbonyl (C=O) groups is 2. The molecule has 1 saturated heterocycles. The van der Waals surface area contributed by atoms with Gasteiger partial charge in [-0.2, -0.15) is 0 Å². The Bertz CT molecular complexity index is 1020. The molecule has 2 unspecified atom stereocenters. The molecule has 11 nitrogen and oxygen atoms in total. The van der Waals surface area contributed by atoms with Crippen molar-refractivity contribution in [1.82, 2.24) is 20.3 Å². The Labute approximate surface area is 193 Å². The number of aromatic nitrogens is 3. The smallest absolute Gasteiger partial charge is 0.356 e. The van der Waals surface area contributed by atoms with Crippen LogP contribution in [0, 0.1) is 0 Å². The van der Waals surface area contributed by atoms with Crippen LogP contribution in [0.25, 0.3) is 0 Å². The number of hydrogen-bond acceptors (Lipinski definition) is 9. The molecule has 174 valence electrons. The largest absolute Gasteiger partial charge is 0.476 e. The number of methoxy groups -OCH3 is 1. The van der Waals surface area contributed by atoms with Crippen molar-refractivity contribution < 1.29 is 24.3 Å². The van der Waals surface area contributed by atoms with Crippen molar-refractivity contribution in [2.45, 2.75) is 38.8 Å². The molecule has 0 aromatic carbocycles. The van der Waals surface area contributed by atoms with Crippen molar-refractivity contribution >= 4 is 45.7 Å². The van der Waals surface area contributed by atoms with Gasteiger partial charge in [0, 0.05) is 20.2 Å². The molecular weight excluding hydrogens is 460 g/mol. The fourth-order valence-electron chi connectivity index (χ4n) is 3.47. The average Bonchev–Trinajstić information content (AvgIpc) is 3.38. The monoisotopic (exact) mass is 484 g/mol. The second-order valence-corrected chi connectivity index (χ2v) is 8.47. The summed E-state index contributed by atoms with van der Waals surface area (Å²) in [5.41, 5.74) is 1.06. The lowest BCUT2D eigenvalue weighted by atomic mass is 10.0. The van der Waals surface area contributed by atoms with Crippen LogP contribution in [0.3, 0.4) is 0 Å². The van der Waals surface area contributed by atoms with Gasteiger partial charge in [-0.3, -0.25) is 4.79 Å². The van der Waals surface area contributed by atoms with Gasteiger partial charge < -0.3 is 29.9 Å². The van der Waals surface area contributed by atoms with Crippen molar-refractivity contribution in [3.8, 4) is 0 Å². The van der Waals surface area contributed by atoms with Crippen molar-refractivity contribution in [3.05, 3.63) is 27.2 Å². The lowest BCUT2D eigenvalue weighted by Gasteiger charge is -2.37. The number of nitrogens with one attached hydrogen (secondary N) is 2. The van der Waals surface area contributed by atoms with Crippen LogP contribution >= 0.6 is 22.9 Å². The highest BCUT2D eigenvalue weighted by atomic mass is 35.5. The summed E-state index contributed by atoms with van der Waals surface area (Å²) in [6.07, 6.45) is 0.876. The predicted molar refractivity (Wildman–Crippen MR) is 120 cm³/mol. The molecule has 0 saturated carbocycles. The number of aromatic carboxylic acids is 1. The molecule has 3 rings (SSSR count). The maximum atomic E-state index is 12.6. The number of oxime groups is 1. The first-order chi connectivity index (χ1) is 15.3. The van der Waals surface area contributed by atoms with Crippen LogP contribution in [0.1, 0.15) is 51.9 Å². The molecule has 3 heterocycles. The Morgan fingerprint density at radius 2 is 2.16 bits per heavy atom. The second kappa shape index (κ2) is 10.3. The number of halogens is 1. The lowest BCUT2D eigenvalue weighted by molar-refractivity contribution is 0.0538. The topological polar surface area (TPSA) is 142 Å². The molecule has 32 heavy (non-hydrogen) atoms. The van der Waals surface area contributed by atoms with E-state index >= 15 is 0 Å². The fraction of sp³-hybridized carbons (Fsp3) is 0.526. The molecule has 2 aromatic heterocycles. The minimum Gasteiger partial charge on any atom is -0.476 e. The molecule has 0 spiro atoms. The van der Waals surface area contributed by atoms with Gasteiger partial charge in [0.15, 0.2) is 21.8 Å². The molecule has 2 aromatic rings. The Hall–Kier alpha value is -2.70. The van der Waals surface area contributed by atoms with E-state index in [1.165, 1.54) is 18.4 Å². The number of carboxylic acid groups (broad SMARTS) is 1. The molecule has 3 N–H and O–H groups in total. The molecule has 0 radical (unpaired) electrons. The van der Waals surface area contributed by atoms with E-state index in [1.807, 2.05) is 11.8 Å². The number of amides is 1. The molecule has 2 atom stereocenters. The number of imidazole rings is 1. The van der Waals surface area contributed by atoms with Crippen LogP contribution in [-0.2, 0) is 16.0 Å². The van der Waals surface area contributed by atoms with Gasteiger partial charge in [-0.15, -0.1) is 0 Å². The molecule has 0 bridgehead atoms. The molecule has 0 aliphatic carbocycles. The maximum absolute atomic E-state index is 12.6. The second-order valence-electron chi connectivity index (χ2n) is 7.14. The number of piperidine rings is 1. The van der Waals surface area contributed by atoms with E-state index in [9.17, 15) is 14.7 Å². The average molecular weight is 485 g/mol. The summed E-state index contributed by atoms with van der Waals surface area (Å²) in [5.74, 6) is -1.34. The number of rotatable bonds is 8. The third kappa shape index (κ3) is 5.03. The normalized spacial score (nSPS) is 19.2. The van der Waals surface area contributed by atoms with Crippen molar-refractivity contribution in [1.29, 1.82) is 0 Å². The van der Waals surface area contributed by atoms with Gasteiger partial charge in [0.25, 0.3) is 5.91 Å². The van der Waals surface area contributed by atoms with Crippen LogP contribution in [0.15, 0.2) is 5.16 Å². The highest BCUT2D eigenvalue weighted by Crippen LogP contribution is 2.30. The number of carboxylic acids is 1. The summed E-state index contributed by atoms with van der Waals surface area (Å²) in [5, 5.41) is 17.1. The summed E-state index contributed by atoms with van der Waals surface area (Å²) in [4.78, 5) is 42.7. The summed E-state index contributed by atoms with van der Waals surface area (Å²) in [6, 6.07) is -0.257. The number of aryl methyl sites for hydroxylation is 1. The van der Waals surface area contributed by atoms with E-state index in [1.54, 1.807) is 14.0 Å². The number of nitrogens with zero attached hydrogens (tertiary/aromatic N) is 4. The molecule has 1 aliphatic rings. The number of aromatic amines is 1. The van der Waals surface area contributed by atoms with E-state index in [-0.39, 0.29) is 34.7 Å². The first-order valence-corrected chi connectivity index (χ1v) is 11.1. The summed E-state index contributed by atoms with van der Waals surface area (Å²) >= 11 is 7.26. The number of H-pyrrole nitrogens is 1. The summed E-state index contributed by atoms with van der Waals surface area (Å²) in [6.45, 7) is 4.56. The first kappa shape index (κ1) is 24.0. The molecule has 1 aliphatic heterocycles. The summed E-state index contributed by atoms with van der Waals surface area (Å²) in [7, 11) is 2.96. The van der Waals surface area contributed by atoms with Gasteiger partial charge in [-0.05, 0) is 19.8 Å². The Morgan fingerprint density at radius 3 is 2.75 bits per heavy atom. The quantitative estimate of drug-likeness (QED) is 0.382. The van der Waals surface area contributed by atoms with Gasteiger partial charge in [-0.25, -0.2) is 14.8 Å². The highest BCUT2D eigenvalue weighted by Gasteiger charge is 2.33. The maximum Gasteiger partial charge on any atom is 0.356 e. The lowest BCUT2D eigenvalue weighted by Crippen LogP contribution is -2.55. The molecular formula is C19H25ClN6O5S. The first-order valence-electron chi connectivity index (χ1n) is 9.94. The number of hydrogen-bond donors (Lipinski definition) is 3. The van der Waals surface area contributed by atoms with Gasteiger partial charge in [0.05, 0.1) is 28.4 Å². The fourth-order valence-corrected chi connectivity index (χ4v) is 4.77. The number of ether oxygens (including phenoxy) is 1. The highest BCUT2D eigenvalue weighted by molar-refractivity contribution is 7.17. The van der Waals surface area contributed by atoms with Gasteiger partial charge >= 0.3 is 5.97 Å². The number of anilines is 1. The predicted octanol–water partition coefficient (Wildman–Crippen LogP) is 2.17. The Morgan fingerprint density at radius 1 is 1.41 bits per heavy atom. The van der Waals surface area contributed by atoms with Crippen molar-refractivity contribution in [2.24, 2.45) is 5.16 Å². The van der Waals surface area contributed by atoms with E-state index in [4.69, 9.17) is 21.2 Å². The van der Waals surface area contributed by atoms with E-state index in [0.717, 1.165) is 0 Å². The minimum atomic E-state index is -1.14. The summed E-state index contributed by atoms with van der Waals surface area (Å²) < 4.78 is 5.62. The van der Waals surface area contributed by atoms with Crippen LogP contribution in [0.5, 0.6) is 0 Å². The molecule has 1 amide bonds. The number of thiazole rings is 1. The zero-order valence-electron chi connectivity index (χ0n) is 18.1. The van der Waals surface area contributed by atoms with E-state index in [0.29, 0.717) is 47.3 Å². The van der Waals surface area contributed by atoms with E-state index < -0.39 is 5.97 Å². The van der Waals surface area contributed by atoms with E-state index in [2.05, 4.69) is 25.4 Å².